The summed E-state index contributed by atoms with van der Waals surface area (Å²) in [6.45, 7) is 9.58. The van der Waals surface area contributed by atoms with E-state index in [1.807, 2.05) is 55.0 Å². The molecule has 16 nitrogen and oxygen atoms in total. The Morgan fingerprint density at radius 2 is 1.55 bits per heavy atom. The first-order chi connectivity index (χ1) is 27.0. The number of rotatable bonds is 4. The Bertz CT molecular complexity index is 2480. The molecule has 56 heavy (non-hydrogen) atoms. The molecule has 0 saturated carbocycles. The lowest BCUT2D eigenvalue weighted by atomic mass is 10.0. The molecule has 0 fully saturated rings. The quantitative estimate of drug-likeness (QED) is 0.207. The standard InChI is InChI=1S/C40H48N12O4/c1-6-33(53)48(5)30-15-13-16-31-34(30)43-40-44-37(55)32-22-24(3)46-52(32)21-10-8-9-14-27-25(4)47-51(7-2)35(27)38(56)45-39-42-28-23-26(36(41)54)17-18-29(28)49(39)19-11-12-20-50(31)40/h13,15-18,22-23H,6-12,14,19-21H2,1-5H3,(H2,41,54)(H,42,45,56)(H,43,44,55). The fraction of sp³-hybridized carbons (Fsp3) is 0.400. The van der Waals surface area contributed by atoms with Gasteiger partial charge in [-0.1, -0.05) is 19.4 Å². The number of hydrogen-bond acceptors (Lipinski definition) is 8. The Kier molecular flexibility index (Phi) is 10.7. The summed E-state index contributed by atoms with van der Waals surface area (Å²) in [5, 5.41) is 15.5. The lowest BCUT2D eigenvalue weighted by molar-refractivity contribution is -0.118. The molecule has 0 aliphatic carbocycles. The first-order valence-electron chi connectivity index (χ1n) is 19.3. The number of nitrogens with two attached hydrogens (primary N) is 1. The molecule has 4 aromatic heterocycles. The van der Waals surface area contributed by atoms with Gasteiger partial charge in [-0.05, 0) is 89.3 Å². The number of carbonyl (C=O) groups excluding carboxylic acids is 4. The third kappa shape index (κ3) is 7.25. The van der Waals surface area contributed by atoms with Crippen molar-refractivity contribution in [3.63, 3.8) is 0 Å². The molecular weight excluding hydrogens is 713 g/mol. The third-order valence-corrected chi connectivity index (χ3v) is 10.5. The number of aryl methyl sites for hydroxylation is 6. The van der Waals surface area contributed by atoms with Crippen LogP contribution in [0.4, 0.5) is 17.6 Å². The van der Waals surface area contributed by atoms with Gasteiger partial charge in [0.2, 0.25) is 23.7 Å². The molecule has 2 aromatic carbocycles. The number of nitrogens with zero attached hydrogens (tertiary/aromatic N) is 9. The number of carbonyl (C=O) groups is 4. The summed E-state index contributed by atoms with van der Waals surface area (Å²) in [5.74, 6) is -0.539. The van der Waals surface area contributed by atoms with Crippen LogP contribution in [0, 0.1) is 13.8 Å². The van der Waals surface area contributed by atoms with Gasteiger partial charge in [-0.2, -0.15) is 10.2 Å². The van der Waals surface area contributed by atoms with Gasteiger partial charge in [0.15, 0.2) is 0 Å². The minimum absolute atomic E-state index is 0.0550. The Labute approximate surface area is 324 Å². The highest BCUT2D eigenvalue weighted by Crippen LogP contribution is 2.31. The second kappa shape index (κ2) is 15.8. The minimum atomic E-state index is -0.567. The monoisotopic (exact) mass is 760 g/mol. The molecule has 1 aliphatic rings. The van der Waals surface area contributed by atoms with Gasteiger partial charge in [0, 0.05) is 50.8 Å². The number of benzene rings is 2. The normalized spacial score (nSPS) is 14.6. The molecule has 1 aliphatic heterocycles. The van der Waals surface area contributed by atoms with E-state index in [0.717, 1.165) is 47.2 Å². The van der Waals surface area contributed by atoms with Crippen LogP contribution < -0.4 is 21.3 Å². The van der Waals surface area contributed by atoms with E-state index in [0.29, 0.717) is 97.4 Å². The molecule has 7 rings (SSSR count). The minimum Gasteiger partial charge on any atom is -0.366 e. The smallest absolute Gasteiger partial charge is 0.276 e. The Morgan fingerprint density at radius 1 is 0.839 bits per heavy atom. The highest BCUT2D eigenvalue weighted by Gasteiger charge is 2.25. The number of para-hydroxylation sites is 1. The fourth-order valence-corrected chi connectivity index (χ4v) is 7.61. The summed E-state index contributed by atoms with van der Waals surface area (Å²) < 4.78 is 7.40. The van der Waals surface area contributed by atoms with Crippen LogP contribution in [0.2, 0.25) is 0 Å². The summed E-state index contributed by atoms with van der Waals surface area (Å²) in [5.41, 5.74) is 12.6. The van der Waals surface area contributed by atoms with E-state index in [9.17, 15) is 19.2 Å². The van der Waals surface area contributed by atoms with Crippen molar-refractivity contribution in [3.05, 3.63) is 76.4 Å². The molecule has 0 atom stereocenters. The van der Waals surface area contributed by atoms with Crippen molar-refractivity contribution >= 4 is 63.3 Å². The molecule has 0 unspecified atom stereocenters. The van der Waals surface area contributed by atoms with Gasteiger partial charge in [-0.15, -0.1) is 0 Å². The van der Waals surface area contributed by atoms with Crippen LogP contribution in [0.3, 0.4) is 0 Å². The molecule has 16 heteroatoms. The van der Waals surface area contributed by atoms with Crippen molar-refractivity contribution in [1.82, 2.24) is 38.7 Å². The van der Waals surface area contributed by atoms with Crippen LogP contribution in [-0.4, -0.2) is 69.3 Å². The van der Waals surface area contributed by atoms with Gasteiger partial charge >= 0.3 is 0 Å². The number of nitrogens with one attached hydrogen (secondary N) is 2. The van der Waals surface area contributed by atoms with Crippen molar-refractivity contribution in [1.29, 1.82) is 0 Å². The number of amides is 4. The average Bonchev–Trinajstić information content (AvgIpc) is 3.92. The maximum atomic E-state index is 14.2. The van der Waals surface area contributed by atoms with Crippen LogP contribution in [-0.2, 0) is 37.4 Å². The lowest BCUT2D eigenvalue weighted by Gasteiger charge is -2.17. The van der Waals surface area contributed by atoms with Crippen molar-refractivity contribution in [2.75, 3.05) is 22.6 Å². The summed E-state index contributed by atoms with van der Waals surface area (Å²) in [6.07, 6.45) is 4.68. The van der Waals surface area contributed by atoms with Gasteiger partial charge < -0.3 is 19.8 Å². The molecule has 292 valence electrons. The van der Waals surface area contributed by atoms with Gasteiger partial charge in [-0.25, -0.2) is 9.97 Å². The summed E-state index contributed by atoms with van der Waals surface area (Å²) in [6, 6.07) is 12.5. The molecule has 0 bridgehead atoms. The van der Waals surface area contributed by atoms with Crippen molar-refractivity contribution in [2.45, 2.75) is 98.8 Å². The third-order valence-electron chi connectivity index (χ3n) is 10.5. The number of anilines is 3. The molecule has 5 heterocycles. The molecule has 4 amide bonds. The van der Waals surface area contributed by atoms with E-state index in [1.54, 1.807) is 45.6 Å². The van der Waals surface area contributed by atoms with Crippen LogP contribution in [0.1, 0.15) is 101 Å². The van der Waals surface area contributed by atoms with Crippen molar-refractivity contribution in [2.24, 2.45) is 5.73 Å². The topological polar surface area (TPSA) is 193 Å². The zero-order chi connectivity index (χ0) is 39.7. The molecule has 0 spiro atoms. The van der Waals surface area contributed by atoms with E-state index < -0.39 is 5.91 Å². The highest BCUT2D eigenvalue weighted by molar-refractivity contribution is 6.06. The number of fused-ring (bicyclic) bond motifs is 8. The van der Waals surface area contributed by atoms with Gasteiger partial charge in [0.1, 0.15) is 16.9 Å². The molecular formula is C40H48N12O4. The van der Waals surface area contributed by atoms with Crippen LogP contribution in [0.15, 0.2) is 42.5 Å². The van der Waals surface area contributed by atoms with Gasteiger partial charge in [-0.3, -0.25) is 39.2 Å². The summed E-state index contributed by atoms with van der Waals surface area (Å²) in [4.78, 5) is 64.3. The van der Waals surface area contributed by atoms with Crippen LogP contribution in [0.25, 0.3) is 22.1 Å². The van der Waals surface area contributed by atoms with E-state index in [1.165, 1.54) is 0 Å². The van der Waals surface area contributed by atoms with E-state index >= 15 is 0 Å². The Morgan fingerprint density at radius 3 is 2.29 bits per heavy atom. The SMILES string of the molecule is CCC(=O)N(C)c1cccc2c1nc1n2CCCCn2c(nc3cc(C(N)=O)ccc32)NC(=O)c2c(c(C)nn2CC)CCCCCn2nc(C)cc2C(=O)N1. The molecule has 6 aromatic rings. The molecule has 0 saturated heterocycles. The van der Waals surface area contributed by atoms with Gasteiger partial charge in [0.25, 0.3) is 11.8 Å². The number of primary amides is 1. The largest absolute Gasteiger partial charge is 0.366 e. The maximum Gasteiger partial charge on any atom is 0.276 e. The van der Waals surface area contributed by atoms with E-state index in [4.69, 9.17) is 20.8 Å². The van der Waals surface area contributed by atoms with Gasteiger partial charge in [0.05, 0.1) is 33.6 Å². The van der Waals surface area contributed by atoms with Crippen molar-refractivity contribution < 1.29 is 19.2 Å². The van der Waals surface area contributed by atoms with Crippen LogP contribution >= 0.6 is 0 Å². The zero-order valence-corrected chi connectivity index (χ0v) is 32.6. The van der Waals surface area contributed by atoms with Crippen molar-refractivity contribution in [3.8, 4) is 0 Å². The number of aromatic nitrogens is 8. The first kappa shape index (κ1) is 38.0. The summed E-state index contributed by atoms with van der Waals surface area (Å²) in [7, 11) is 1.73. The second-order valence-corrected chi connectivity index (χ2v) is 14.2. The maximum absolute atomic E-state index is 14.2. The Balaban J connectivity index is 1.29. The van der Waals surface area contributed by atoms with Crippen LogP contribution in [0.5, 0.6) is 0 Å². The predicted octanol–water partition coefficient (Wildman–Crippen LogP) is 5.60. The summed E-state index contributed by atoms with van der Waals surface area (Å²) >= 11 is 0. The van der Waals surface area contributed by atoms with E-state index in [2.05, 4.69) is 15.7 Å². The average molecular weight is 761 g/mol. The van der Waals surface area contributed by atoms with E-state index in [-0.39, 0.29) is 17.7 Å². The lowest BCUT2D eigenvalue weighted by Crippen LogP contribution is -2.25. The second-order valence-electron chi connectivity index (χ2n) is 14.2. The molecule has 0 radical (unpaired) electrons. The first-order valence-corrected chi connectivity index (χ1v) is 19.3. The predicted molar refractivity (Wildman–Crippen MR) is 214 cm³/mol. The fourth-order valence-electron chi connectivity index (χ4n) is 7.61. The number of imidazole rings is 2. The Hall–Kier alpha value is -6.32. The highest BCUT2D eigenvalue weighted by atomic mass is 16.2. The zero-order valence-electron chi connectivity index (χ0n) is 32.6. The number of hydrogen-bond donors (Lipinski definition) is 3. The molecule has 4 N–H and O–H groups in total.